The number of rotatable bonds is 2. The molecule has 0 spiro atoms. The third-order valence-corrected chi connectivity index (χ3v) is 6.12. The van der Waals surface area contributed by atoms with Crippen molar-refractivity contribution in [1.82, 2.24) is 9.47 Å². The molecule has 4 nitrogen and oxygen atoms in total. The summed E-state index contributed by atoms with van der Waals surface area (Å²) in [6.45, 7) is 3.89. The molecule has 1 aromatic carbocycles. The lowest BCUT2D eigenvalue weighted by Gasteiger charge is -2.47. The van der Waals surface area contributed by atoms with E-state index in [1.54, 1.807) is 0 Å². The van der Waals surface area contributed by atoms with Gasteiger partial charge >= 0.3 is 0 Å². The van der Waals surface area contributed by atoms with Crippen molar-refractivity contribution < 1.29 is 9.90 Å². The van der Waals surface area contributed by atoms with Crippen LogP contribution in [0.25, 0.3) is 10.9 Å². The topological polar surface area (TPSA) is 45.5 Å². The molecule has 1 aliphatic carbocycles. The predicted molar refractivity (Wildman–Crippen MR) is 94.8 cm³/mol. The number of likely N-dealkylation sites (tertiary alicyclic amines) is 1. The minimum absolute atomic E-state index is 0.168. The molecule has 128 valence electrons. The number of aryl methyl sites for hydroxylation is 1. The van der Waals surface area contributed by atoms with Crippen molar-refractivity contribution in [2.24, 2.45) is 5.92 Å². The lowest BCUT2D eigenvalue weighted by Crippen LogP contribution is -2.55. The van der Waals surface area contributed by atoms with Crippen molar-refractivity contribution in [3.63, 3.8) is 0 Å². The Bertz CT molecular complexity index is 766. The SMILES string of the molecule is Cc1cccc2c1ccn2CC(=O)N1CC[C@]2(O)CCCC[C@@H]2C1. The van der Waals surface area contributed by atoms with Crippen LogP contribution in [0.5, 0.6) is 0 Å². The number of aromatic nitrogens is 1. The molecule has 0 unspecified atom stereocenters. The van der Waals surface area contributed by atoms with E-state index < -0.39 is 5.60 Å². The second-order valence-electron chi connectivity index (χ2n) is 7.59. The average molecular weight is 326 g/mol. The second kappa shape index (κ2) is 5.92. The first kappa shape index (κ1) is 15.7. The van der Waals surface area contributed by atoms with Crippen LogP contribution in [0.4, 0.5) is 0 Å². The molecule has 1 aliphatic heterocycles. The summed E-state index contributed by atoms with van der Waals surface area (Å²) < 4.78 is 2.05. The standard InChI is InChI=1S/C20H26N2O2/c1-15-5-4-7-18-17(15)8-11-21(18)14-19(23)22-12-10-20(24)9-3-2-6-16(20)13-22/h4-5,7-8,11,16,24H,2-3,6,9-10,12-14H2,1H3/t16-,20-/m1/s1. The molecule has 2 atom stereocenters. The lowest BCUT2D eigenvalue weighted by molar-refractivity contribution is -0.143. The Morgan fingerprint density at radius 1 is 1.29 bits per heavy atom. The van der Waals surface area contributed by atoms with Crippen LogP contribution in [0, 0.1) is 12.8 Å². The van der Waals surface area contributed by atoms with E-state index in [0.717, 1.165) is 31.2 Å². The normalized spacial score (nSPS) is 27.2. The molecule has 0 radical (unpaired) electrons. The van der Waals surface area contributed by atoms with E-state index in [1.807, 2.05) is 21.7 Å². The Balaban J connectivity index is 1.49. The van der Waals surface area contributed by atoms with E-state index >= 15 is 0 Å². The minimum atomic E-state index is -0.522. The van der Waals surface area contributed by atoms with Gasteiger partial charge in [-0.05, 0) is 43.9 Å². The van der Waals surface area contributed by atoms with Gasteiger partial charge in [0.1, 0.15) is 6.54 Å². The summed E-state index contributed by atoms with van der Waals surface area (Å²) >= 11 is 0. The first-order chi connectivity index (χ1) is 11.6. The van der Waals surface area contributed by atoms with Crippen LogP contribution in [0.15, 0.2) is 30.5 Å². The highest BCUT2D eigenvalue weighted by Gasteiger charge is 2.43. The van der Waals surface area contributed by atoms with Gasteiger partial charge in [-0.2, -0.15) is 0 Å². The average Bonchev–Trinajstić information content (AvgIpc) is 2.98. The molecule has 0 bridgehead atoms. The molecule has 1 amide bonds. The third kappa shape index (κ3) is 2.63. The van der Waals surface area contributed by atoms with E-state index in [-0.39, 0.29) is 11.8 Å². The number of amides is 1. The van der Waals surface area contributed by atoms with Gasteiger partial charge < -0.3 is 14.6 Å². The number of fused-ring (bicyclic) bond motifs is 2. The monoisotopic (exact) mass is 326 g/mol. The molecule has 24 heavy (non-hydrogen) atoms. The molecule has 1 saturated heterocycles. The first-order valence-corrected chi connectivity index (χ1v) is 9.11. The summed E-state index contributed by atoms with van der Waals surface area (Å²) in [5.41, 5.74) is 1.84. The largest absolute Gasteiger partial charge is 0.389 e. The van der Waals surface area contributed by atoms with Gasteiger partial charge in [0, 0.05) is 36.1 Å². The molecule has 2 heterocycles. The molecule has 1 aromatic heterocycles. The molecular weight excluding hydrogens is 300 g/mol. The molecule has 2 fully saturated rings. The highest BCUT2D eigenvalue weighted by molar-refractivity contribution is 5.85. The maximum Gasteiger partial charge on any atom is 0.242 e. The van der Waals surface area contributed by atoms with Gasteiger partial charge in [0.15, 0.2) is 0 Å². The van der Waals surface area contributed by atoms with Gasteiger partial charge in [-0.1, -0.05) is 25.0 Å². The van der Waals surface area contributed by atoms with Crippen molar-refractivity contribution in [3.05, 3.63) is 36.0 Å². The van der Waals surface area contributed by atoms with Crippen molar-refractivity contribution in [2.75, 3.05) is 13.1 Å². The maximum atomic E-state index is 12.8. The van der Waals surface area contributed by atoms with Gasteiger partial charge in [0.05, 0.1) is 5.60 Å². The Morgan fingerprint density at radius 2 is 2.17 bits per heavy atom. The summed E-state index contributed by atoms with van der Waals surface area (Å²) in [7, 11) is 0. The summed E-state index contributed by atoms with van der Waals surface area (Å²) in [4.78, 5) is 14.8. The highest BCUT2D eigenvalue weighted by atomic mass is 16.3. The van der Waals surface area contributed by atoms with Gasteiger partial charge in [-0.25, -0.2) is 0 Å². The van der Waals surface area contributed by atoms with Crippen LogP contribution in [0.3, 0.4) is 0 Å². The van der Waals surface area contributed by atoms with Crippen molar-refractivity contribution in [1.29, 1.82) is 0 Å². The highest BCUT2D eigenvalue weighted by Crippen LogP contribution is 2.39. The fourth-order valence-electron chi connectivity index (χ4n) is 4.56. The fraction of sp³-hybridized carbons (Fsp3) is 0.550. The number of hydrogen-bond acceptors (Lipinski definition) is 2. The van der Waals surface area contributed by atoms with Crippen molar-refractivity contribution >= 4 is 16.8 Å². The van der Waals surface area contributed by atoms with E-state index in [4.69, 9.17) is 0 Å². The van der Waals surface area contributed by atoms with Gasteiger partial charge in [-0.3, -0.25) is 4.79 Å². The molecule has 1 saturated carbocycles. The maximum absolute atomic E-state index is 12.8. The number of nitrogens with zero attached hydrogens (tertiary/aromatic N) is 2. The zero-order chi connectivity index (χ0) is 16.7. The first-order valence-electron chi connectivity index (χ1n) is 9.11. The van der Waals surface area contributed by atoms with Crippen LogP contribution in [-0.2, 0) is 11.3 Å². The predicted octanol–water partition coefficient (Wildman–Crippen LogP) is 3.10. The van der Waals surface area contributed by atoms with Crippen LogP contribution in [0.1, 0.15) is 37.7 Å². The van der Waals surface area contributed by atoms with E-state index in [1.165, 1.54) is 17.4 Å². The number of carbonyl (C=O) groups excluding carboxylic acids is 1. The number of carbonyl (C=O) groups is 1. The molecule has 2 aliphatic rings. The zero-order valence-corrected chi connectivity index (χ0v) is 14.4. The number of hydrogen-bond donors (Lipinski definition) is 1. The Kier molecular flexibility index (Phi) is 3.87. The molecule has 1 N–H and O–H groups in total. The lowest BCUT2D eigenvalue weighted by atomic mass is 9.71. The number of piperidine rings is 1. The van der Waals surface area contributed by atoms with Crippen LogP contribution >= 0.6 is 0 Å². The fourth-order valence-corrected chi connectivity index (χ4v) is 4.56. The third-order valence-electron chi connectivity index (χ3n) is 6.12. The second-order valence-corrected chi connectivity index (χ2v) is 7.59. The van der Waals surface area contributed by atoms with Gasteiger partial charge in [0.25, 0.3) is 0 Å². The van der Waals surface area contributed by atoms with E-state index in [9.17, 15) is 9.90 Å². The summed E-state index contributed by atoms with van der Waals surface area (Å²) in [5, 5.41) is 12.0. The van der Waals surface area contributed by atoms with E-state index in [2.05, 4.69) is 25.1 Å². The van der Waals surface area contributed by atoms with Crippen molar-refractivity contribution in [3.8, 4) is 0 Å². The Hall–Kier alpha value is -1.81. The Labute approximate surface area is 143 Å². The summed E-state index contributed by atoms with van der Waals surface area (Å²) in [6.07, 6.45) is 6.99. The number of benzene rings is 1. The summed E-state index contributed by atoms with van der Waals surface area (Å²) in [6, 6.07) is 8.31. The quantitative estimate of drug-likeness (QED) is 0.922. The number of aliphatic hydroxyl groups is 1. The van der Waals surface area contributed by atoms with Crippen LogP contribution in [0.2, 0.25) is 0 Å². The van der Waals surface area contributed by atoms with Crippen LogP contribution in [-0.4, -0.2) is 39.2 Å². The van der Waals surface area contributed by atoms with Crippen LogP contribution < -0.4 is 0 Å². The molecule has 4 heteroatoms. The molecule has 4 rings (SSSR count). The molecular formula is C20H26N2O2. The van der Waals surface area contributed by atoms with Gasteiger partial charge in [-0.15, -0.1) is 0 Å². The zero-order valence-electron chi connectivity index (χ0n) is 14.4. The molecule has 2 aromatic rings. The van der Waals surface area contributed by atoms with Gasteiger partial charge in [0.2, 0.25) is 5.91 Å². The van der Waals surface area contributed by atoms with Crippen molar-refractivity contribution in [2.45, 2.75) is 51.2 Å². The minimum Gasteiger partial charge on any atom is -0.389 e. The Morgan fingerprint density at radius 3 is 3.04 bits per heavy atom. The smallest absolute Gasteiger partial charge is 0.242 e. The summed E-state index contributed by atoms with van der Waals surface area (Å²) in [5.74, 6) is 0.425. The van der Waals surface area contributed by atoms with E-state index in [0.29, 0.717) is 19.6 Å².